The van der Waals surface area contributed by atoms with Crippen molar-refractivity contribution in [2.45, 2.75) is 19.4 Å². The lowest BCUT2D eigenvalue weighted by atomic mass is 10.3. The summed E-state index contributed by atoms with van der Waals surface area (Å²) in [5, 5.41) is 0. The van der Waals surface area contributed by atoms with E-state index in [9.17, 15) is 0 Å². The molecule has 1 fully saturated rings. The molecule has 0 amide bonds. The van der Waals surface area contributed by atoms with Crippen molar-refractivity contribution in [2.24, 2.45) is 0 Å². The predicted octanol–water partition coefficient (Wildman–Crippen LogP) is 0.948. The smallest absolute Gasteiger partial charge is 0.0902 e. The lowest BCUT2D eigenvalue weighted by Gasteiger charge is -1.98. The molecule has 7 heavy (non-hydrogen) atoms. The van der Waals surface area contributed by atoms with Gasteiger partial charge in [0, 0.05) is 5.75 Å². The highest BCUT2D eigenvalue weighted by Gasteiger charge is 2.12. The van der Waals surface area contributed by atoms with Crippen LogP contribution in [0.25, 0.3) is 0 Å². The maximum Gasteiger partial charge on any atom is 0.0902 e. The van der Waals surface area contributed by atoms with Crippen LogP contribution in [0, 0.1) is 0 Å². The number of hydrogen-bond donors (Lipinski definition) is 1. The third-order valence-corrected chi connectivity index (χ3v) is 1.75. The van der Waals surface area contributed by atoms with E-state index in [2.05, 4.69) is 11.8 Å². The quantitative estimate of drug-likeness (QED) is 0.519. The van der Waals surface area contributed by atoms with Crippen LogP contribution in [0.4, 0.5) is 0 Å². The first-order chi connectivity index (χ1) is 3.43. The molecule has 1 aliphatic heterocycles. The largest absolute Gasteiger partial charge is 0.287 e. The summed E-state index contributed by atoms with van der Waals surface area (Å²) in [5.74, 6) is 1.09. The van der Waals surface area contributed by atoms with Gasteiger partial charge in [0.05, 0.1) is 6.10 Å². The van der Waals surface area contributed by atoms with Crippen LogP contribution >= 0.6 is 11.9 Å². The summed E-state index contributed by atoms with van der Waals surface area (Å²) in [5.41, 5.74) is 0. The standard InChI is InChI=1S/C4H9NOS/c1-2-4-3-7-5-6-4/h4-5H,2-3H2,1H3. The van der Waals surface area contributed by atoms with Crippen molar-refractivity contribution in [3.05, 3.63) is 0 Å². The Morgan fingerprint density at radius 3 is 3.14 bits per heavy atom. The van der Waals surface area contributed by atoms with E-state index in [-0.39, 0.29) is 0 Å². The van der Waals surface area contributed by atoms with Gasteiger partial charge in [-0.05, 0) is 6.42 Å². The molecule has 0 aromatic carbocycles. The number of nitrogens with one attached hydrogen (secondary N) is 1. The molecule has 1 heterocycles. The molecule has 1 unspecified atom stereocenters. The van der Waals surface area contributed by atoms with Crippen LogP contribution in [0.3, 0.4) is 0 Å². The molecule has 1 N–H and O–H groups in total. The molecule has 1 saturated heterocycles. The summed E-state index contributed by atoms with van der Waals surface area (Å²) in [6.07, 6.45) is 1.56. The zero-order chi connectivity index (χ0) is 5.11. The molecule has 0 aliphatic carbocycles. The molecule has 1 aliphatic rings. The summed E-state index contributed by atoms with van der Waals surface area (Å²) < 4.78 is 0. The van der Waals surface area contributed by atoms with Crippen LogP contribution in [-0.2, 0) is 4.84 Å². The minimum Gasteiger partial charge on any atom is -0.287 e. The van der Waals surface area contributed by atoms with E-state index in [1.54, 1.807) is 11.9 Å². The average Bonchev–Trinajstić information content (AvgIpc) is 2.14. The van der Waals surface area contributed by atoms with Crippen molar-refractivity contribution in [2.75, 3.05) is 5.75 Å². The summed E-state index contributed by atoms with van der Waals surface area (Å²) in [6.45, 7) is 2.12. The van der Waals surface area contributed by atoms with Crippen LogP contribution in [0.5, 0.6) is 0 Å². The SMILES string of the molecule is CCC1CSNO1. The lowest BCUT2D eigenvalue weighted by molar-refractivity contribution is 0.0533. The molecular formula is C4H9NOS. The van der Waals surface area contributed by atoms with E-state index < -0.39 is 0 Å². The van der Waals surface area contributed by atoms with Gasteiger partial charge in [0.15, 0.2) is 0 Å². The van der Waals surface area contributed by atoms with Crippen LogP contribution < -0.4 is 4.89 Å². The van der Waals surface area contributed by atoms with Crippen molar-refractivity contribution < 1.29 is 4.84 Å². The van der Waals surface area contributed by atoms with E-state index in [4.69, 9.17) is 4.84 Å². The van der Waals surface area contributed by atoms with Crippen LogP contribution in [0.15, 0.2) is 0 Å². The van der Waals surface area contributed by atoms with Gasteiger partial charge in [-0.15, -0.1) is 4.89 Å². The lowest BCUT2D eigenvalue weighted by Crippen LogP contribution is -2.08. The van der Waals surface area contributed by atoms with E-state index in [0.717, 1.165) is 12.2 Å². The van der Waals surface area contributed by atoms with Gasteiger partial charge in [-0.1, -0.05) is 18.9 Å². The minimum absolute atomic E-state index is 0.449. The van der Waals surface area contributed by atoms with Gasteiger partial charge in [-0.3, -0.25) is 4.84 Å². The van der Waals surface area contributed by atoms with Gasteiger partial charge in [0.25, 0.3) is 0 Å². The molecule has 0 radical (unpaired) electrons. The highest BCUT2D eigenvalue weighted by Crippen LogP contribution is 2.11. The Hall–Kier alpha value is 0.270. The van der Waals surface area contributed by atoms with Crippen molar-refractivity contribution in [1.82, 2.24) is 4.89 Å². The van der Waals surface area contributed by atoms with Gasteiger partial charge >= 0.3 is 0 Å². The molecule has 42 valence electrons. The van der Waals surface area contributed by atoms with Crippen LogP contribution in [0.2, 0.25) is 0 Å². The first-order valence-corrected chi connectivity index (χ1v) is 3.44. The molecule has 0 saturated carbocycles. The van der Waals surface area contributed by atoms with E-state index >= 15 is 0 Å². The van der Waals surface area contributed by atoms with E-state index in [1.807, 2.05) is 0 Å². The first kappa shape index (κ1) is 5.41. The highest BCUT2D eigenvalue weighted by molar-refractivity contribution is 7.97. The number of rotatable bonds is 1. The zero-order valence-corrected chi connectivity index (χ0v) is 5.12. The van der Waals surface area contributed by atoms with Crippen molar-refractivity contribution in [1.29, 1.82) is 0 Å². The monoisotopic (exact) mass is 119 g/mol. The fourth-order valence-electron chi connectivity index (χ4n) is 0.464. The van der Waals surface area contributed by atoms with Crippen molar-refractivity contribution in [3.63, 3.8) is 0 Å². The second kappa shape index (κ2) is 2.55. The van der Waals surface area contributed by atoms with Gasteiger partial charge < -0.3 is 0 Å². The maximum atomic E-state index is 5.02. The Bertz CT molecular complexity index is 53.7. The Balaban J connectivity index is 2.14. The molecular weight excluding hydrogens is 110 g/mol. The van der Waals surface area contributed by atoms with Gasteiger partial charge in [0.2, 0.25) is 0 Å². The summed E-state index contributed by atoms with van der Waals surface area (Å²) in [4.78, 5) is 7.75. The topological polar surface area (TPSA) is 21.3 Å². The second-order valence-corrected chi connectivity index (χ2v) is 2.33. The van der Waals surface area contributed by atoms with Gasteiger partial charge in [0.1, 0.15) is 0 Å². The van der Waals surface area contributed by atoms with Crippen LogP contribution in [-0.4, -0.2) is 11.9 Å². The normalized spacial score (nSPS) is 31.3. The molecule has 1 rings (SSSR count). The molecule has 3 heteroatoms. The first-order valence-electron chi connectivity index (χ1n) is 2.46. The fourth-order valence-corrected chi connectivity index (χ4v) is 1.23. The van der Waals surface area contributed by atoms with Gasteiger partial charge in [-0.25, -0.2) is 0 Å². The summed E-state index contributed by atoms with van der Waals surface area (Å²) >= 11 is 1.63. The number of hydrogen-bond acceptors (Lipinski definition) is 3. The minimum atomic E-state index is 0.449. The van der Waals surface area contributed by atoms with Crippen molar-refractivity contribution >= 4 is 11.9 Å². The molecule has 2 nitrogen and oxygen atoms in total. The van der Waals surface area contributed by atoms with Gasteiger partial charge in [-0.2, -0.15) is 0 Å². The Morgan fingerprint density at radius 1 is 2.00 bits per heavy atom. The highest BCUT2D eigenvalue weighted by atomic mass is 32.2. The van der Waals surface area contributed by atoms with Crippen LogP contribution in [0.1, 0.15) is 13.3 Å². The molecule has 1 atom stereocenters. The summed E-state index contributed by atoms with van der Waals surface area (Å²) in [6, 6.07) is 0. The average molecular weight is 119 g/mol. The zero-order valence-electron chi connectivity index (χ0n) is 4.31. The Labute approximate surface area is 47.7 Å². The second-order valence-electron chi connectivity index (χ2n) is 1.54. The Kier molecular flexibility index (Phi) is 1.97. The molecule has 0 spiro atoms. The molecule has 0 aromatic heterocycles. The Morgan fingerprint density at radius 2 is 2.86 bits per heavy atom. The molecule has 0 bridgehead atoms. The summed E-state index contributed by atoms with van der Waals surface area (Å²) in [7, 11) is 0. The molecule has 0 aromatic rings. The third-order valence-electron chi connectivity index (χ3n) is 0.998. The van der Waals surface area contributed by atoms with E-state index in [0.29, 0.717) is 6.10 Å². The van der Waals surface area contributed by atoms with E-state index in [1.165, 1.54) is 0 Å². The maximum absolute atomic E-state index is 5.02. The third kappa shape index (κ3) is 1.33. The fraction of sp³-hybridized carbons (Fsp3) is 1.00. The predicted molar refractivity (Wildman–Crippen MR) is 30.8 cm³/mol. The van der Waals surface area contributed by atoms with Crippen molar-refractivity contribution in [3.8, 4) is 0 Å².